The van der Waals surface area contributed by atoms with Gasteiger partial charge in [0.15, 0.2) is 0 Å². The van der Waals surface area contributed by atoms with Gasteiger partial charge in [0.2, 0.25) is 5.95 Å². The molecule has 2 fully saturated rings. The maximum absolute atomic E-state index is 5.44. The minimum Gasteiger partial charge on any atom is -0.383 e. The molecule has 3 N–H and O–H groups in total. The minimum atomic E-state index is 0.119. The monoisotopic (exact) mass is 443 g/mol. The van der Waals surface area contributed by atoms with Gasteiger partial charge < -0.3 is 20.1 Å². The lowest BCUT2D eigenvalue weighted by atomic mass is 9.91. The molecular formula is C23H37N7O2. The number of nitrogens with one attached hydrogen (secondary N) is 3. The molecule has 1 saturated heterocycles. The van der Waals surface area contributed by atoms with Crippen molar-refractivity contribution in [1.29, 1.82) is 0 Å². The molecule has 2 aliphatic heterocycles. The lowest BCUT2D eigenvalue weighted by molar-refractivity contribution is 0.0689. The second kappa shape index (κ2) is 12.2. The molecule has 4 rings (SSSR count). The Morgan fingerprint density at radius 1 is 1.16 bits per heavy atom. The number of hydrazone groups is 1. The smallest absolute Gasteiger partial charge is 0.223 e. The summed E-state index contributed by atoms with van der Waals surface area (Å²) in [5.74, 6) is 2.39. The van der Waals surface area contributed by atoms with Gasteiger partial charge in [0.25, 0.3) is 0 Å². The Kier molecular flexibility index (Phi) is 8.81. The summed E-state index contributed by atoms with van der Waals surface area (Å²) in [5, 5.41) is 11.5. The Bertz CT molecular complexity index is 758. The van der Waals surface area contributed by atoms with Crippen LogP contribution in [-0.4, -0.2) is 74.1 Å². The van der Waals surface area contributed by atoms with Gasteiger partial charge in [-0.15, -0.1) is 0 Å². The SMILES string of the molecule is COCCNC1CCC(Nc2nccc(C3C=NNC(=NCC4CCOCC4)C3)n2)CC1. The average Bonchev–Trinajstić information content (AvgIpc) is 2.85. The third kappa shape index (κ3) is 6.95. The zero-order valence-electron chi connectivity index (χ0n) is 19.1. The van der Waals surface area contributed by atoms with Crippen molar-refractivity contribution in [2.24, 2.45) is 16.0 Å². The van der Waals surface area contributed by atoms with Gasteiger partial charge in [-0.2, -0.15) is 5.10 Å². The van der Waals surface area contributed by atoms with E-state index in [-0.39, 0.29) is 5.92 Å². The van der Waals surface area contributed by atoms with E-state index in [2.05, 4.69) is 26.1 Å². The first kappa shape index (κ1) is 23.1. The maximum Gasteiger partial charge on any atom is 0.223 e. The summed E-state index contributed by atoms with van der Waals surface area (Å²) in [7, 11) is 1.74. The largest absolute Gasteiger partial charge is 0.383 e. The van der Waals surface area contributed by atoms with Crippen LogP contribution in [0.1, 0.15) is 56.6 Å². The number of methoxy groups -OCH3 is 1. The molecular weight excluding hydrogens is 406 g/mol. The number of hydrogen-bond acceptors (Lipinski definition) is 8. The average molecular weight is 444 g/mol. The van der Waals surface area contributed by atoms with Gasteiger partial charge in [0.1, 0.15) is 5.84 Å². The van der Waals surface area contributed by atoms with E-state index in [0.29, 0.717) is 23.9 Å². The van der Waals surface area contributed by atoms with Crippen LogP contribution in [0, 0.1) is 5.92 Å². The zero-order valence-corrected chi connectivity index (χ0v) is 19.1. The third-order valence-corrected chi connectivity index (χ3v) is 6.60. The van der Waals surface area contributed by atoms with E-state index in [1.807, 2.05) is 18.5 Å². The van der Waals surface area contributed by atoms with E-state index in [0.717, 1.165) is 89.4 Å². The fraction of sp³-hybridized carbons (Fsp3) is 0.739. The number of ether oxygens (including phenoxy) is 2. The normalized spacial score (nSPS) is 27.9. The number of anilines is 1. The van der Waals surface area contributed by atoms with Crippen molar-refractivity contribution in [3.63, 3.8) is 0 Å². The van der Waals surface area contributed by atoms with Crippen molar-refractivity contribution < 1.29 is 9.47 Å². The Morgan fingerprint density at radius 2 is 1.97 bits per heavy atom. The minimum absolute atomic E-state index is 0.119. The van der Waals surface area contributed by atoms with Gasteiger partial charge in [0.05, 0.1) is 12.3 Å². The molecule has 1 aromatic rings. The summed E-state index contributed by atoms with van der Waals surface area (Å²) in [6.07, 6.45) is 11.3. The predicted molar refractivity (Wildman–Crippen MR) is 126 cm³/mol. The van der Waals surface area contributed by atoms with Crippen molar-refractivity contribution in [2.45, 2.75) is 62.9 Å². The van der Waals surface area contributed by atoms with Crippen molar-refractivity contribution in [1.82, 2.24) is 20.7 Å². The molecule has 1 saturated carbocycles. The first-order chi connectivity index (χ1) is 15.8. The van der Waals surface area contributed by atoms with Crippen molar-refractivity contribution >= 4 is 18.0 Å². The summed E-state index contributed by atoms with van der Waals surface area (Å²) in [4.78, 5) is 14.1. The van der Waals surface area contributed by atoms with Crippen molar-refractivity contribution in [2.75, 3.05) is 45.3 Å². The van der Waals surface area contributed by atoms with Gasteiger partial charge in [-0.1, -0.05) is 0 Å². The number of hydrogen-bond donors (Lipinski definition) is 3. The van der Waals surface area contributed by atoms with Crippen LogP contribution < -0.4 is 16.1 Å². The van der Waals surface area contributed by atoms with Gasteiger partial charge in [-0.05, 0) is 50.5 Å². The highest BCUT2D eigenvalue weighted by molar-refractivity contribution is 5.89. The summed E-state index contributed by atoms with van der Waals surface area (Å²) < 4.78 is 10.6. The first-order valence-corrected chi connectivity index (χ1v) is 12.0. The molecule has 1 unspecified atom stereocenters. The lowest BCUT2D eigenvalue weighted by Gasteiger charge is -2.30. The van der Waals surface area contributed by atoms with Gasteiger partial charge >= 0.3 is 0 Å². The Balaban J connectivity index is 1.27. The van der Waals surface area contributed by atoms with Crippen LogP contribution in [0.5, 0.6) is 0 Å². The summed E-state index contributed by atoms with van der Waals surface area (Å²) >= 11 is 0. The Hall–Kier alpha value is -2.10. The highest BCUT2D eigenvalue weighted by Crippen LogP contribution is 2.23. The highest BCUT2D eigenvalue weighted by Gasteiger charge is 2.23. The van der Waals surface area contributed by atoms with Crippen LogP contribution in [0.2, 0.25) is 0 Å². The van der Waals surface area contributed by atoms with Crippen LogP contribution in [0.3, 0.4) is 0 Å². The second-order valence-corrected chi connectivity index (χ2v) is 8.99. The van der Waals surface area contributed by atoms with Crippen LogP contribution in [-0.2, 0) is 9.47 Å². The number of aliphatic imine (C=N–C) groups is 1. The van der Waals surface area contributed by atoms with E-state index in [4.69, 9.17) is 19.5 Å². The van der Waals surface area contributed by atoms with Gasteiger partial charge in [0, 0.05) is 70.2 Å². The lowest BCUT2D eigenvalue weighted by Crippen LogP contribution is -2.38. The van der Waals surface area contributed by atoms with Gasteiger partial charge in [-0.3, -0.25) is 10.4 Å². The zero-order chi connectivity index (χ0) is 22.0. The molecule has 9 nitrogen and oxygen atoms in total. The molecule has 0 aromatic carbocycles. The number of nitrogens with zero attached hydrogens (tertiary/aromatic N) is 4. The fourth-order valence-electron chi connectivity index (χ4n) is 4.60. The molecule has 176 valence electrons. The quantitative estimate of drug-likeness (QED) is 0.503. The van der Waals surface area contributed by atoms with E-state index in [9.17, 15) is 0 Å². The molecule has 0 amide bonds. The number of amidine groups is 1. The molecule has 3 aliphatic rings. The molecule has 0 spiro atoms. The molecule has 9 heteroatoms. The molecule has 1 atom stereocenters. The number of rotatable bonds is 9. The predicted octanol–water partition coefficient (Wildman–Crippen LogP) is 2.32. The van der Waals surface area contributed by atoms with E-state index >= 15 is 0 Å². The highest BCUT2D eigenvalue weighted by atomic mass is 16.5. The van der Waals surface area contributed by atoms with Crippen LogP contribution in [0.15, 0.2) is 22.4 Å². The standard InChI is InChI=1S/C23H37N7O2/c1-31-13-10-24-19-2-4-20(5-3-19)28-23-25-9-6-21(29-23)18-14-22(30-27-16-18)26-15-17-7-11-32-12-8-17/h6,9,16-20,24H,2-5,7-8,10-15H2,1H3,(H,26,30)(H,25,28,29). The number of aromatic nitrogens is 2. The van der Waals surface area contributed by atoms with E-state index in [1.165, 1.54) is 0 Å². The van der Waals surface area contributed by atoms with E-state index < -0.39 is 0 Å². The maximum atomic E-state index is 5.44. The van der Waals surface area contributed by atoms with Crippen LogP contribution in [0.4, 0.5) is 5.95 Å². The van der Waals surface area contributed by atoms with Crippen LogP contribution >= 0.6 is 0 Å². The third-order valence-electron chi connectivity index (χ3n) is 6.60. The Morgan fingerprint density at radius 3 is 2.78 bits per heavy atom. The molecule has 1 aromatic heterocycles. The summed E-state index contributed by atoms with van der Waals surface area (Å²) in [6.45, 7) is 4.23. The fourth-order valence-corrected chi connectivity index (χ4v) is 4.60. The molecule has 3 heterocycles. The van der Waals surface area contributed by atoms with Crippen LogP contribution in [0.25, 0.3) is 0 Å². The second-order valence-electron chi connectivity index (χ2n) is 8.99. The molecule has 1 aliphatic carbocycles. The Labute approximate surface area is 190 Å². The molecule has 32 heavy (non-hydrogen) atoms. The van der Waals surface area contributed by atoms with Crippen molar-refractivity contribution in [3.8, 4) is 0 Å². The van der Waals surface area contributed by atoms with Crippen molar-refractivity contribution in [3.05, 3.63) is 18.0 Å². The summed E-state index contributed by atoms with van der Waals surface area (Å²) in [6, 6.07) is 2.99. The van der Waals surface area contributed by atoms with Gasteiger partial charge in [-0.25, -0.2) is 9.97 Å². The first-order valence-electron chi connectivity index (χ1n) is 12.0. The summed E-state index contributed by atoms with van der Waals surface area (Å²) in [5.41, 5.74) is 4.06. The van der Waals surface area contributed by atoms with E-state index in [1.54, 1.807) is 7.11 Å². The molecule has 0 radical (unpaired) electrons. The topological polar surface area (TPSA) is 105 Å². The molecule has 0 bridgehead atoms.